The van der Waals surface area contributed by atoms with Crippen LogP contribution in [0, 0.1) is 0 Å². The molecule has 0 saturated heterocycles. The van der Waals surface area contributed by atoms with Gasteiger partial charge >= 0.3 is 0 Å². The molecule has 1 atom stereocenters. The van der Waals surface area contributed by atoms with Crippen molar-refractivity contribution >= 4 is 21.7 Å². The van der Waals surface area contributed by atoms with Crippen molar-refractivity contribution in [1.82, 2.24) is 0 Å². The molecule has 0 aromatic heterocycles. The summed E-state index contributed by atoms with van der Waals surface area (Å²) in [6, 6.07) is 7.30. The molecule has 1 aromatic carbocycles. The standard InChI is InChI=1S/C13H19BrNO2/c1-15(2,3)9-12(16)13(17)11-6-4-10(8-14)5-7-11/h4-7,12,16H,8-9H2,1-3H3/q+1. The SMILES string of the molecule is C[N+](C)(C)CC(O)C(=O)c1ccc(CBr)cc1. The second-order valence-corrected chi connectivity index (χ2v) is 5.74. The fourth-order valence-electron chi connectivity index (χ4n) is 1.55. The van der Waals surface area contributed by atoms with E-state index in [1.807, 2.05) is 33.3 Å². The minimum atomic E-state index is -0.940. The van der Waals surface area contributed by atoms with E-state index in [4.69, 9.17) is 0 Å². The van der Waals surface area contributed by atoms with Crippen molar-refractivity contribution in [1.29, 1.82) is 0 Å². The molecule has 3 nitrogen and oxygen atoms in total. The van der Waals surface area contributed by atoms with Crippen LogP contribution in [-0.2, 0) is 5.33 Å². The van der Waals surface area contributed by atoms with Crippen LogP contribution in [0.25, 0.3) is 0 Å². The lowest BCUT2D eigenvalue weighted by atomic mass is 10.0. The molecule has 0 fully saturated rings. The highest BCUT2D eigenvalue weighted by atomic mass is 79.9. The minimum Gasteiger partial charge on any atom is -0.379 e. The van der Waals surface area contributed by atoms with Gasteiger partial charge in [0.15, 0.2) is 11.9 Å². The number of alkyl halides is 1. The lowest BCUT2D eigenvalue weighted by Crippen LogP contribution is -2.44. The first kappa shape index (κ1) is 14.4. The second-order valence-electron chi connectivity index (χ2n) is 5.18. The van der Waals surface area contributed by atoms with Gasteiger partial charge in [-0.2, -0.15) is 0 Å². The third kappa shape index (κ3) is 4.58. The highest BCUT2D eigenvalue weighted by molar-refractivity contribution is 9.08. The van der Waals surface area contributed by atoms with Crippen molar-refractivity contribution in [2.75, 3.05) is 27.7 Å². The molecule has 1 N–H and O–H groups in total. The number of benzene rings is 1. The van der Waals surface area contributed by atoms with Crippen LogP contribution in [0.15, 0.2) is 24.3 Å². The van der Waals surface area contributed by atoms with Crippen LogP contribution in [0.1, 0.15) is 15.9 Å². The molecule has 0 aliphatic heterocycles. The van der Waals surface area contributed by atoms with E-state index >= 15 is 0 Å². The fraction of sp³-hybridized carbons (Fsp3) is 0.462. The minimum absolute atomic E-state index is 0.209. The number of quaternary nitrogens is 1. The molecular formula is C13H19BrNO2+. The van der Waals surface area contributed by atoms with Gasteiger partial charge in [-0.05, 0) is 5.56 Å². The van der Waals surface area contributed by atoms with E-state index in [1.54, 1.807) is 12.1 Å². The Kier molecular flexibility index (Phi) is 4.86. The Labute approximate surface area is 111 Å². The smallest absolute Gasteiger partial charge is 0.197 e. The molecule has 0 bridgehead atoms. The van der Waals surface area contributed by atoms with E-state index in [2.05, 4.69) is 15.9 Å². The lowest BCUT2D eigenvalue weighted by molar-refractivity contribution is -0.872. The summed E-state index contributed by atoms with van der Waals surface area (Å²) >= 11 is 3.35. The van der Waals surface area contributed by atoms with Crippen LogP contribution in [0.5, 0.6) is 0 Å². The number of hydrogen-bond acceptors (Lipinski definition) is 2. The number of rotatable bonds is 5. The van der Waals surface area contributed by atoms with E-state index in [0.29, 0.717) is 16.6 Å². The Morgan fingerprint density at radius 2 is 1.82 bits per heavy atom. The molecule has 1 rings (SSSR count). The average molecular weight is 301 g/mol. The number of carbonyl (C=O) groups is 1. The molecule has 1 aromatic rings. The van der Waals surface area contributed by atoms with Gasteiger partial charge in [-0.3, -0.25) is 4.79 Å². The van der Waals surface area contributed by atoms with Crippen molar-refractivity contribution in [3.05, 3.63) is 35.4 Å². The normalized spacial score (nSPS) is 13.5. The molecule has 17 heavy (non-hydrogen) atoms. The van der Waals surface area contributed by atoms with Crippen LogP contribution >= 0.6 is 15.9 Å². The van der Waals surface area contributed by atoms with E-state index in [9.17, 15) is 9.90 Å². The molecule has 1 unspecified atom stereocenters. The summed E-state index contributed by atoms with van der Waals surface area (Å²) in [5, 5.41) is 10.6. The van der Waals surface area contributed by atoms with Gasteiger partial charge in [-0.25, -0.2) is 0 Å². The lowest BCUT2D eigenvalue weighted by Gasteiger charge is -2.26. The van der Waals surface area contributed by atoms with Gasteiger partial charge in [0.2, 0.25) is 0 Å². The maximum atomic E-state index is 12.0. The van der Waals surface area contributed by atoms with E-state index in [-0.39, 0.29) is 5.78 Å². The molecule has 0 saturated carbocycles. The first-order valence-corrected chi connectivity index (χ1v) is 6.63. The summed E-state index contributed by atoms with van der Waals surface area (Å²) in [6.07, 6.45) is -0.940. The molecule has 0 heterocycles. The number of halogens is 1. The Hall–Kier alpha value is -0.710. The van der Waals surface area contributed by atoms with Gasteiger partial charge < -0.3 is 9.59 Å². The summed E-state index contributed by atoms with van der Waals surface area (Å²) in [5.41, 5.74) is 1.68. The molecule has 0 amide bonds. The van der Waals surface area contributed by atoms with Crippen molar-refractivity contribution in [3.8, 4) is 0 Å². The predicted octanol–water partition coefficient (Wildman–Crippen LogP) is 1.83. The van der Waals surface area contributed by atoms with Gasteiger partial charge in [0.1, 0.15) is 6.54 Å². The van der Waals surface area contributed by atoms with Crippen LogP contribution in [-0.4, -0.2) is 49.2 Å². The molecule has 0 spiro atoms. The number of aliphatic hydroxyl groups is 1. The maximum absolute atomic E-state index is 12.0. The van der Waals surface area contributed by atoms with Crippen LogP contribution < -0.4 is 0 Å². The average Bonchev–Trinajstić information content (AvgIpc) is 2.26. The van der Waals surface area contributed by atoms with Gasteiger partial charge in [0, 0.05) is 10.9 Å². The zero-order chi connectivity index (χ0) is 13.1. The summed E-state index contributed by atoms with van der Waals surface area (Å²) in [4.78, 5) is 12.0. The summed E-state index contributed by atoms with van der Waals surface area (Å²) in [5.74, 6) is -0.209. The number of carbonyl (C=O) groups excluding carboxylic acids is 1. The van der Waals surface area contributed by atoms with Crippen molar-refractivity contribution < 1.29 is 14.4 Å². The van der Waals surface area contributed by atoms with Gasteiger partial charge in [0.25, 0.3) is 0 Å². The number of aliphatic hydroxyl groups excluding tert-OH is 1. The Bertz CT molecular complexity index is 381. The van der Waals surface area contributed by atoms with Crippen molar-refractivity contribution in [2.24, 2.45) is 0 Å². The van der Waals surface area contributed by atoms with Crippen LogP contribution in [0.3, 0.4) is 0 Å². The van der Waals surface area contributed by atoms with Gasteiger partial charge in [0.05, 0.1) is 21.1 Å². The molecule has 0 aliphatic rings. The van der Waals surface area contributed by atoms with Crippen molar-refractivity contribution in [3.63, 3.8) is 0 Å². The number of nitrogens with zero attached hydrogens (tertiary/aromatic N) is 1. The Morgan fingerprint density at radius 3 is 2.24 bits per heavy atom. The first-order chi connectivity index (χ1) is 7.83. The molecule has 4 heteroatoms. The molecule has 0 aliphatic carbocycles. The number of likely N-dealkylation sites (N-methyl/N-ethyl adjacent to an activating group) is 1. The largest absolute Gasteiger partial charge is 0.379 e. The summed E-state index contributed by atoms with van der Waals surface area (Å²) in [7, 11) is 5.85. The fourth-order valence-corrected chi connectivity index (χ4v) is 1.93. The van der Waals surface area contributed by atoms with Gasteiger partial charge in [-0.1, -0.05) is 40.2 Å². The molecule has 0 radical (unpaired) electrons. The maximum Gasteiger partial charge on any atom is 0.197 e. The summed E-state index contributed by atoms with van der Waals surface area (Å²) < 4.78 is 0.562. The predicted molar refractivity (Wildman–Crippen MR) is 72.3 cm³/mol. The number of hydrogen-bond donors (Lipinski definition) is 1. The highest BCUT2D eigenvalue weighted by Crippen LogP contribution is 2.11. The number of ketones is 1. The quantitative estimate of drug-likeness (QED) is 0.512. The third-order valence-corrected chi connectivity index (χ3v) is 3.06. The van der Waals surface area contributed by atoms with Crippen molar-refractivity contribution in [2.45, 2.75) is 11.4 Å². The van der Waals surface area contributed by atoms with E-state index in [0.717, 1.165) is 10.9 Å². The highest BCUT2D eigenvalue weighted by Gasteiger charge is 2.23. The second kappa shape index (κ2) is 5.76. The monoisotopic (exact) mass is 300 g/mol. The topological polar surface area (TPSA) is 37.3 Å². The van der Waals surface area contributed by atoms with E-state index < -0.39 is 6.10 Å². The Morgan fingerprint density at radius 1 is 1.29 bits per heavy atom. The van der Waals surface area contributed by atoms with Crippen LogP contribution in [0.4, 0.5) is 0 Å². The number of Topliss-reactive ketones (excluding diaryl/α,β-unsaturated/α-hetero) is 1. The third-order valence-electron chi connectivity index (χ3n) is 2.42. The summed E-state index contributed by atoms with van der Waals surface area (Å²) in [6.45, 7) is 0.416. The Balaban J connectivity index is 2.75. The molecule has 94 valence electrons. The first-order valence-electron chi connectivity index (χ1n) is 5.51. The molecular weight excluding hydrogens is 282 g/mol. The zero-order valence-corrected chi connectivity index (χ0v) is 12.1. The van der Waals surface area contributed by atoms with Gasteiger partial charge in [-0.15, -0.1) is 0 Å². The van der Waals surface area contributed by atoms with Crippen LogP contribution in [0.2, 0.25) is 0 Å². The zero-order valence-electron chi connectivity index (χ0n) is 10.5. The van der Waals surface area contributed by atoms with E-state index in [1.165, 1.54) is 0 Å².